The van der Waals surface area contributed by atoms with Crippen molar-refractivity contribution in [3.05, 3.63) is 58.6 Å². The van der Waals surface area contributed by atoms with Crippen molar-refractivity contribution < 1.29 is 8.78 Å². The minimum atomic E-state index is -0.879. The second-order valence-corrected chi connectivity index (χ2v) is 3.80. The van der Waals surface area contributed by atoms with Gasteiger partial charge in [0.25, 0.3) is 0 Å². The van der Waals surface area contributed by atoms with Crippen molar-refractivity contribution >= 4 is 11.6 Å². The Balaban J connectivity index is 2.44. The summed E-state index contributed by atoms with van der Waals surface area (Å²) in [6.07, 6.45) is 4.30. The summed E-state index contributed by atoms with van der Waals surface area (Å²) in [6, 6.07) is 0.981. The Kier molecular flexibility index (Phi) is 3.31. The molecule has 0 saturated heterocycles. The van der Waals surface area contributed by atoms with Crippen molar-refractivity contribution in [3.63, 3.8) is 0 Å². The van der Waals surface area contributed by atoms with Crippen LogP contribution in [0.1, 0.15) is 17.3 Å². The summed E-state index contributed by atoms with van der Waals surface area (Å²) in [5, 5.41) is -0.280. The van der Waals surface area contributed by atoms with Gasteiger partial charge in [0, 0.05) is 18.0 Å². The van der Waals surface area contributed by atoms with E-state index in [9.17, 15) is 8.78 Å². The molecule has 0 aliphatic heterocycles. The Morgan fingerprint density at radius 2 is 1.94 bits per heavy atom. The molecule has 0 bridgehead atoms. The summed E-state index contributed by atoms with van der Waals surface area (Å²) < 4.78 is 26.8. The summed E-state index contributed by atoms with van der Waals surface area (Å²) in [5.74, 6) is -1.39. The van der Waals surface area contributed by atoms with Crippen LogP contribution in [0.25, 0.3) is 0 Å². The summed E-state index contributed by atoms with van der Waals surface area (Å²) >= 11 is 5.45. The number of nitrogens with zero attached hydrogens (tertiary/aromatic N) is 2. The summed E-state index contributed by atoms with van der Waals surface area (Å²) in [4.78, 5) is 7.75. The first-order valence-corrected chi connectivity index (χ1v) is 5.13. The number of aromatic nitrogens is 2. The standard InChI is InChI=1S/C11H8ClF2N3/c12-7-4-8(13)6(3-9(7)14)11(15)10-5-16-1-2-17-10/h1-5,11H,15H2. The number of rotatable bonds is 2. The van der Waals surface area contributed by atoms with E-state index < -0.39 is 17.7 Å². The maximum atomic E-state index is 13.6. The van der Waals surface area contributed by atoms with Gasteiger partial charge in [-0.05, 0) is 12.1 Å². The van der Waals surface area contributed by atoms with Gasteiger partial charge < -0.3 is 5.73 Å². The van der Waals surface area contributed by atoms with Gasteiger partial charge in [0.2, 0.25) is 0 Å². The molecule has 1 aromatic carbocycles. The minimum Gasteiger partial charge on any atom is -0.319 e. The van der Waals surface area contributed by atoms with Gasteiger partial charge in [0.05, 0.1) is 23.0 Å². The highest BCUT2D eigenvalue weighted by molar-refractivity contribution is 6.30. The van der Waals surface area contributed by atoms with Crippen LogP contribution >= 0.6 is 11.6 Å². The first kappa shape index (κ1) is 11.9. The average Bonchev–Trinajstić information content (AvgIpc) is 2.34. The molecular formula is C11H8ClF2N3. The lowest BCUT2D eigenvalue weighted by molar-refractivity contribution is 0.574. The molecule has 0 radical (unpaired) electrons. The van der Waals surface area contributed by atoms with Crippen molar-refractivity contribution in [2.75, 3.05) is 0 Å². The van der Waals surface area contributed by atoms with Crippen molar-refractivity contribution in [2.45, 2.75) is 6.04 Å². The minimum absolute atomic E-state index is 0.00704. The molecule has 1 atom stereocenters. The van der Waals surface area contributed by atoms with E-state index in [0.717, 1.165) is 12.1 Å². The van der Waals surface area contributed by atoms with Crippen LogP contribution in [0.15, 0.2) is 30.7 Å². The highest BCUT2D eigenvalue weighted by Crippen LogP contribution is 2.25. The van der Waals surface area contributed by atoms with E-state index in [-0.39, 0.29) is 10.6 Å². The van der Waals surface area contributed by atoms with E-state index in [0.29, 0.717) is 5.69 Å². The van der Waals surface area contributed by atoms with Gasteiger partial charge in [-0.2, -0.15) is 0 Å². The van der Waals surface area contributed by atoms with Crippen LogP contribution in [0.4, 0.5) is 8.78 Å². The Morgan fingerprint density at radius 1 is 1.18 bits per heavy atom. The van der Waals surface area contributed by atoms with Gasteiger partial charge in [-0.1, -0.05) is 11.6 Å². The second-order valence-electron chi connectivity index (χ2n) is 3.40. The third-order valence-corrected chi connectivity index (χ3v) is 2.57. The van der Waals surface area contributed by atoms with Gasteiger partial charge in [-0.25, -0.2) is 8.78 Å². The Labute approximate surface area is 101 Å². The number of nitrogens with two attached hydrogens (primary N) is 1. The fourth-order valence-corrected chi connectivity index (χ4v) is 1.56. The molecule has 0 spiro atoms. The fraction of sp³-hybridized carbons (Fsp3) is 0.0909. The Morgan fingerprint density at radius 3 is 2.59 bits per heavy atom. The molecule has 0 amide bonds. The molecule has 17 heavy (non-hydrogen) atoms. The normalized spacial score (nSPS) is 12.5. The first-order valence-electron chi connectivity index (χ1n) is 4.75. The van der Waals surface area contributed by atoms with Gasteiger partial charge in [0.15, 0.2) is 0 Å². The number of hydrogen-bond acceptors (Lipinski definition) is 3. The van der Waals surface area contributed by atoms with Crippen LogP contribution in [0.2, 0.25) is 5.02 Å². The average molecular weight is 256 g/mol. The SMILES string of the molecule is NC(c1cnccn1)c1cc(F)c(Cl)cc1F. The molecule has 6 heteroatoms. The molecule has 0 fully saturated rings. The Bertz CT molecular complexity index is 534. The van der Waals surface area contributed by atoms with E-state index in [1.165, 1.54) is 18.6 Å². The summed E-state index contributed by atoms with van der Waals surface area (Å²) in [7, 11) is 0. The third kappa shape index (κ3) is 2.40. The lowest BCUT2D eigenvalue weighted by Crippen LogP contribution is -2.15. The smallest absolute Gasteiger partial charge is 0.142 e. The first-order chi connectivity index (χ1) is 8.09. The van der Waals surface area contributed by atoms with Crippen LogP contribution in [0.3, 0.4) is 0 Å². The van der Waals surface area contributed by atoms with Crippen LogP contribution in [0.5, 0.6) is 0 Å². The van der Waals surface area contributed by atoms with Crippen molar-refractivity contribution in [1.29, 1.82) is 0 Å². The lowest BCUT2D eigenvalue weighted by atomic mass is 10.0. The zero-order valence-corrected chi connectivity index (χ0v) is 9.33. The van der Waals surface area contributed by atoms with E-state index in [1.54, 1.807) is 0 Å². The highest BCUT2D eigenvalue weighted by atomic mass is 35.5. The van der Waals surface area contributed by atoms with Gasteiger partial charge in [-0.3, -0.25) is 9.97 Å². The third-order valence-electron chi connectivity index (χ3n) is 2.28. The van der Waals surface area contributed by atoms with Crippen LogP contribution in [0, 0.1) is 11.6 Å². The molecule has 0 saturated carbocycles. The van der Waals surface area contributed by atoms with E-state index >= 15 is 0 Å². The molecule has 0 aliphatic rings. The van der Waals surface area contributed by atoms with Gasteiger partial charge in [0.1, 0.15) is 11.6 Å². The zero-order chi connectivity index (χ0) is 12.4. The number of benzene rings is 1. The molecule has 0 aliphatic carbocycles. The van der Waals surface area contributed by atoms with Crippen molar-refractivity contribution in [1.82, 2.24) is 9.97 Å². The molecule has 88 valence electrons. The van der Waals surface area contributed by atoms with Gasteiger partial charge >= 0.3 is 0 Å². The van der Waals surface area contributed by atoms with Crippen LogP contribution < -0.4 is 5.73 Å². The predicted octanol–water partition coefficient (Wildman–Crippen LogP) is 2.46. The molecule has 2 aromatic rings. The van der Waals surface area contributed by atoms with Crippen LogP contribution in [-0.4, -0.2) is 9.97 Å². The molecule has 1 unspecified atom stereocenters. The maximum Gasteiger partial charge on any atom is 0.142 e. The molecule has 2 N–H and O–H groups in total. The zero-order valence-electron chi connectivity index (χ0n) is 8.57. The van der Waals surface area contributed by atoms with Crippen molar-refractivity contribution in [3.8, 4) is 0 Å². The number of halogens is 3. The van der Waals surface area contributed by atoms with E-state index in [4.69, 9.17) is 17.3 Å². The highest BCUT2D eigenvalue weighted by Gasteiger charge is 2.17. The molecule has 3 nitrogen and oxygen atoms in total. The topological polar surface area (TPSA) is 51.8 Å². The summed E-state index contributed by atoms with van der Waals surface area (Å²) in [6.45, 7) is 0. The molecule has 1 heterocycles. The Hall–Kier alpha value is -1.59. The molecular weight excluding hydrogens is 248 g/mol. The van der Waals surface area contributed by atoms with Crippen molar-refractivity contribution in [2.24, 2.45) is 5.73 Å². The number of hydrogen-bond donors (Lipinski definition) is 1. The monoisotopic (exact) mass is 255 g/mol. The summed E-state index contributed by atoms with van der Waals surface area (Å²) in [5.41, 5.74) is 6.13. The van der Waals surface area contributed by atoms with E-state index in [2.05, 4.69) is 9.97 Å². The molecule has 2 rings (SSSR count). The second kappa shape index (κ2) is 4.73. The van der Waals surface area contributed by atoms with Gasteiger partial charge in [-0.15, -0.1) is 0 Å². The predicted molar refractivity (Wildman–Crippen MR) is 59.4 cm³/mol. The lowest BCUT2D eigenvalue weighted by Gasteiger charge is -2.12. The maximum absolute atomic E-state index is 13.6. The van der Waals surface area contributed by atoms with Crippen LogP contribution in [-0.2, 0) is 0 Å². The largest absolute Gasteiger partial charge is 0.319 e. The molecule has 1 aromatic heterocycles. The van der Waals surface area contributed by atoms with E-state index in [1.807, 2.05) is 0 Å². The fourth-order valence-electron chi connectivity index (χ4n) is 1.41. The quantitative estimate of drug-likeness (QED) is 0.839.